The predicted molar refractivity (Wildman–Crippen MR) is 108 cm³/mol. The molecule has 0 saturated heterocycles. The number of nitrogens with zero attached hydrogens (tertiary/aromatic N) is 4. The van der Waals surface area contributed by atoms with Crippen LogP contribution in [0.15, 0.2) is 89.2 Å². The van der Waals surface area contributed by atoms with Gasteiger partial charge in [0.15, 0.2) is 5.82 Å². The molecule has 0 aliphatic rings. The molecule has 3 aromatic rings. The molecule has 0 bridgehead atoms. The van der Waals surface area contributed by atoms with E-state index in [2.05, 4.69) is 15.2 Å². The van der Waals surface area contributed by atoms with Gasteiger partial charge in [-0.15, -0.1) is 10.2 Å². The Kier molecular flexibility index (Phi) is 19.2. The number of pyridine rings is 1. The van der Waals surface area contributed by atoms with Crippen LogP contribution in [-0.4, -0.2) is 37.4 Å². The summed E-state index contributed by atoms with van der Waals surface area (Å²) in [5, 5.41) is 16.6. The minimum atomic E-state index is 0. The Morgan fingerprint density at radius 1 is 0.867 bits per heavy atom. The topological polar surface area (TPSA) is 70.3 Å². The molecule has 0 fully saturated rings. The van der Waals surface area contributed by atoms with Gasteiger partial charge in [-0.2, -0.15) is 0 Å². The maximum Gasteiger partial charge on any atom is 2.00 e. The number of aliphatic hydroxyl groups excluding tert-OH is 1. The maximum absolute atomic E-state index is 8.40. The van der Waals surface area contributed by atoms with E-state index in [-0.39, 0.29) is 74.0 Å². The van der Waals surface area contributed by atoms with E-state index in [0.717, 1.165) is 17.1 Å². The second-order valence-corrected chi connectivity index (χ2v) is 5.68. The summed E-state index contributed by atoms with van der Waals surface area (Å²) in [7, 11) is 4.01. The number of benzene rings is 2. The van der Waals surface area contributed by atoms with Crippen LogP contribution in [0.25, 0.3) is 0 Å². The normalized spacial score (nSPS) is 9.17. The summed E-state index contributed by atoms with van der Waals surface area (Å²) >= 11 is 0. The SMILES string of the molecule is CN(C)c1ccc(N=Nc2ccccn2)cc1.OCCOc1ccccc1.[I-].[I-].[Ru+2]. The van der Waals surface area contributed by atoms with Gasteiger partial charge in [-0.3, -0.25) is 0 Å². The zero-order chi connectivity index (χ0) is 19.3. The van der Waals surface area contributed by atoms with Crippen LogP contribution in [-0.2, 0) is 19.5 Å². The van der Waals surface area contributed by atoms with Gasteiger partial charge in [-0.05, 0) is 48.5 Å². The van der Waals surface area contributed by atoms with Gasteiger partial charge in [0.1, 0.15) is 12.4 Å². The molecule has 1 aromatic heterocycles. The number of ether oxygens (including phenoxy) is 1. The third-order valence-electron chi connectivity index (χ3n) is 3.39. The average molecular weight is 719 g/mol. The van der Waals surface area contributed by atoms with Crippen molar-refractivity contribution in [1.82, 2.24) is 4.98 Å². The summed E-state index contributed by atoms with van der Waals surface area (Å²) in [6, 6.07) is 22.9. The molecular weight excluding hydrogens is 695 g/mol. The average Bonchev–Trinajstić information content (AvgIpc) is 2.73. The largest absolute Gasteiger partial charge is 2.00 e. The molecule has 0 radical (unpaired) electrons. The first-order valence-electron chi connectivity index (χ1n) is 8.58. The van der Waals surface area contributed by atoms with E-state index in [9.17, 15) is 0 Å². The Morgan fingerprint density at radius 2 is 1.50 bits per heavy atom. The number of para-hydroxylation sites is 1. The van der Waals surface area contributed by atoms with Gasteiger partial charge >= 0.3 is 19.5 Å². The minimum Gasteiger partial charge on any atom is -1.00 e. The number of azo groups is 1. The molecule has 6 nitrogen and oxygen atoms in total. The number of halogens is 2. The quantitative estimate of drug-likeness (QED) is 0.194. The van der Waals surface area contributed by atoms with Crippen molar-refractivity contribution >= 4 is 17.2 Å². The number of rotatable bonds is 6. The van der Waals surface area contributed by atoms with E-state index in [1.165, 1.54) is 0 Å². The molecule has 30 heavy (non-hydrogen) atoms. The third kappa shape index (κ3) is 12.5. The molecule has 9 heteroatoms. The number of aromatic nitrogens is 1. The van der Waals surface area contributed by atoms with Crippen molar-refractivity contribution in [2.45, 2.75) is 0 Å². The summed E-state index contributed by atoms with van der Waals surface area (Å²) in [5.74, 6) is 1.42. The molecule has 2 aromatic carbocycles. The molecule has 3 rings (SSSR count). The van der Waals surface area contributed by atoms with Gasteiger partial charge < -0.3 is 62.7 Å². The Labute approximate surface area is 225 Å². The fourth-order valence-corrected chi connectivity index (χ4v) is 2.02. The second kappa shape index (κ2) is 18.6. The Hall–Kier alpha value is -1.17. The Balaban J connectivity index is 0. The van der Waals surface area contributed by atoms with Gasteiger partial charge in [-0.1, -0.05) is 24.3 Å². The van der Waals surface area contributed by atoms with E-state index < -0.39 is 0 Å². The minimum absolute atomic E-state index is 0. The summed E-state index contributed by atoms with van der Waals surface area (Å²) in [5.41, 5.74) is 1.96. The van der Waals surface area contributed by atoms with Crippen LogP contribution in [0.4, 0.5) is 17.2 Å². The van der Waals surface area contributed by atoms with Gasteiger partial charge in [0, 0.05) is 26.0 Å². The Bertz CT molecular complexity index is 808. The molecule has 1 heterocycles. The maximum atomic E-state index is 8.40. The Morgan fingerprint density at radius 3 is 2.03 bits per heavy atom. The van der Waals surface area contributed by atoms with E-state index in [4.69, 9.17) is 9.84 Å². The van der Waals surface area contributed by atoms with E-state index in [1.807, 2.05) is 91.8 Å². The van der Waals surface area contributed by atoms with Crippen LogP contribution in [0.1, 0.15) is 0 Å². The van der Waals surface area contributed by atoms with Gasteiger partial charge in [0.05, 0.1) is 12.3 Å². The van der Waals surface area contributed by atoms with Crippen LogP contribution in [0.5, 0.6) is 5.75 Å². The fraction of sp³-hybridized carbons (Fsp3) is 0.190. The van der Waals surface area contributed by atoms with Crippen molar-refractivity contribution in [3.63, 3.8) is 0 Å². The fourth-order valence-electron chi connectivity index (χ4n) is 2.02. The van der Waals surface area contributed by atoms with Crippen molar-refractivity contribution in [2.75, 3.05) is 32.2 Å². The van der Waals surface area contributed by atoms with Crippen molar-refractivity contribution in [1.29, 1.82) is 0 Å². The van der Waals surface area contributed by atoms with Crippen LogP contribution in [0.3, 0.4) is 0 Å². The van der Waals surface area contributed by atoms with E-state index >= 15 is 0 Å². The van der Waals surface area contributed by atoms with Crippen molar-refractivity contribution < 1.29 is 77.3 Å². The molecule has 162 valence electrons. The number of hydrogen-bond acceptors (Lipinski definition) is 6. The van der Waals surface area contributed by atoms with Crippen molar-refractivity contribution in [3.8, 4) is 5.75 Å². The first-order valence-corrected chi connectivity index (χ1v) is 8.58. The number of aliphatic hydroxyl groups is 1. The zero-order valence-corrected chi connectivity index (χ0v) is 22.7. The van der Waals surface area contributed by atoms with Crippen LogP contribution in [0.2, 0.25) is 0 Å². The zero-order valence-electron chi connectivity index (χ0n) is 16.7. The summed E-state index contributed by atoms with van der Waals surface area (Å²) < 4.78 is 5.11. The third-order valence-corrected chi connectivity index (χ3v) is 3.39. The summed E-state index contributed by atoms with van der Waals surface area (Å²) in [4.78, 5) is 6.11. The molecule has 0 unspecified atom stereocenters. The van der Waals surface area contributed by atoms with Gasteiger partial charge in [0.25, 0.3) is 0 Å². The van der Waals surface area contributed by atoms with Crippen LogP contribution >= 0.6 is 0 Å². The molecular formula is C21H24I2N4O2Ru. The second-order valence-electron chi connectivity index (χ2n) is 5.68. The molecule has 0 saturated carbocycles. The van der Waals surface area contributed by atoms with E-state index in [0.29, 0.717) is 12.4 Å². The smallest absolute Gasteiger partial charge is 1.00 e. The predicted octanol–water partition coefficient (Wildman–Crippen LogP) is -1.37. The standard InChI is InChI=1S/C13H14N4.C8H10O2.2HI.Ru/c1-17(2)12-8-6-11(7-9-12)15-16-13-5-3-4-10-14-13;9-6-7-10-8-4-2-1-3-5-8;;;/h3-10H,1-2H3;1-5,9H,6-7H2;2*1H;/q;;;;+2/p-2. The van der Waals surface area contributed by atoms with Gasteiger partial charge in [0.2, 0.25) is 0 Å². The monoisotopic (exact) mass is 720 g/mol. The number of anilines is 1. The summed E-state index contributed by atoms with van der Waals surface area (Å²) in [6.45, 7) is 0.429. The van der Waals surface area contributed by atoms with Crippen LogP contribution < -0.4 is 57.6 Å². The van der Waals surface area contributed by atoms with Gasteiger partial charge in [-0.25, -0.2) is 4.98 Å². The molecule has 0 aliphatic carbocycles. The first kappa shape index (κ1) is 31.0. The van der Waals surface area contributed by atoms with Crippen LogP contribution in [0, 0.1) is 0 Å². The molecule has 0 aliphatic heterocycles. The molecule has 0 atom stereocenters. The molecule has 0 spiro atoms. The first-order chi connectivity index (χ1) is 13.2. The molecule has 1 N–H and O–H groups in total. The number of hydrogen-bond donors (Lipinski definition) is 1. The summed E-state index contributed by atoms with van der Waals surface area (Å²) in [6.07, 6.45) is 1.70. The van der Waals surface area contributed by atoms with Crippen molar-refractivity contribution in [3.05, 3.63) is 79.0 Å². The van der Waals surface area contributed by atoms with E-state index in [1.54, 1.807) is 6.20 Å². The molecule has 0 amide bonds. The van der Waals surface area contributed by atoms with Crippen molar-refractivity contribution in [2.24, 2.45) is 10.2 Å².